The normalized spacial score (nSPS) is 10.1. The molecule has 0 aliphatic rings. The van der Waals surface area contributed by atoms with E-state index < -0.39 is 0 Å². The zero-order chi connectivity index (χ0) is 13.2. The third-order valence-corrected chi connectivity index (χ3v) is 2.11. The number of anilines is 1. The Balaban J connectivity index is 2.73. The van der Waals surface area contributed by atoms with E-state index in [0.29, 0.717) is 31.5 Å². The van der Waals surface area contributed by atoms with E-state index >= 15 is 0 Å². The van der Waals surface area contributed by atoms with Crippen molar-refractivity contribution in [2.24, 2.45) is 0 Å². The highest BCUT2D eigenvalue weighted by Crippen LogP contribution is 2.14. The Morgan fingerprint density at radius 1 is 1.39 bits per heavy atom. The van der Waals surface area contributed by atoms with E-state index in [0.717, 1.165) is 18.8 Å². The smallest absolute Gasteiger partial charge is 0.218 e. The summed E-state index contributed by atoms with van der Waals surface area (Å²) in [6.07, 6.45) is 2.61. The van der Waals surface area contributed by atoms with Crippen LogP contribution in [0.4, 0.5) is 5.82 Å². The lowest BCUT2D eigenvalue weighted by molar-refractivity contribution is 0.127. The van der Waals surface area contributed by atoms with Crippen LogP contribution in [0.15, 0.2) is 18.7 Å². The molecule has 0 radical (unpaired) electrons. The Labute approximate surface area is 108 Å². The van der Waals surface area contributed by atoms with E-state index in [9.17, 15) is 0 Å². The summed E-state index contributed by atoms with van der Waals surface area (Å²) in [5.74, 6) is 1.96. The summed E-state index contributed by atoms with van der Waals surface area (Å²) in [5, 5.41) is 3.15. The van der Waals surface area contributed by atoms with Crippen molar-refractivity contribution < 1.29 is 9.47 Å². The van der Waals surface area contributed by atoms with Crippen LogP contribution in [0.3, 0.4) is 0 Å². The maximum atomic E-state index is 5.54. The summed E-state index contributed by atoms with van der Waals surface area (Å²) in [7, 11) is 0. The molecule has 0 aromatic carbocycles. The maximum absolute atomic E-state index is 5.54. The van der Waals surface area contributed by atoms with Crippen molar-refractivity contribution >= 4 is 5.82 Å². The van der Waals surface area contributed by atoms with Crippen molar-refractivity contribution in [2.75, 3.05) is 25.1 Å². The first-order valence-corrected chi connectivity index (χ1v) is 6.23. The molecule has 1 aromatic rings. The first kappa shape index (κ1) is 14.4. The maximum Gasteiger partial charge on any atom is 0.218 e. The van der Waals surface area contributed by atoms with Crippen molar-refractivity contribution in [3.05, 3.63) is 24.5 Å². The van der Waals surface area contributed by atoms with Crippen molar-refractivity contribution in [2.45, 2.75) is 26.9 Å². The second kappa shape index (κ2) is 8.47. The fraction of sp³-hybridized carbons (Fsp3) is 0.538. The summed E-state index contributed by atoms with van der Waals surface area (Å²) < 4.78 is 10.8. The Morgan fingerprint density at radius 2 is 2.22 bits per heavy atom. The molecule has 0 unspecified atom stereocenters. The second-order valence-corrected chi connectivity index (χ2v) is 3.60. The predicted molar refractivity (Wildman–Crippen MR) is 71.8 cm³/mol. The van der Waals surface area contributed by atoms with Gasteiger partial charge in [-0.05, 0) is 20.3 Å². The van der Waals surface area contributed by atoms with Crippen LogP contribution in [0.2, 0.25) is 0 Å². The highest BCUT2D eigenvalue weighted by atomic mass is 16.5. The van der Waals surface area contributed by atoms with E-state index in [-0.39, 0.29) is 0 Å². The fourth-order valence-corrected chi connectivity index (χ4v) is 1.32. The van der Waals surface area contributed by atoms with Crippen molar-refractivity contribution in [3.8, 4) is 5.88 Å². The summed E-state index contributed by atoms with van der Waals surface area (Å²) in [4.78, 5) is 8.63. The largest absolute Gasteiger partial charge is 0.477 e. The summed E-state index contributed by atoms with van der Waals surface area (Å²) in [5.41, 5.74) is 0. The van der Waals surface area contributed by atoms with Crippen LogP contribution in [0.25, 0.3) is 0 Å². The first-order chi connectivity index (χ1) is 8.80. The van der Waals surface area contributed by atoms with Crippen LogP contribution in [-0.4, -0.2) is 29.7 Å². The number of ether oxygens (including phenoxy) is 2. The van der Waals surface area contributed by atoms with Crippen molar-refractivity contribution in [1.29, 1.82) is 0 Å². The number of nitrogens with zero attached hydrogens (tertiary/aromatic N) is 2. The average molecular weight is 251 g/mol. The van der Waals surface area contributed by atoms with E-state index in [1.165, 1.54) is 0 Å². The molecule has 100 valence electrons. The minimum Gasteiger partial charge on any atom is -0.477 e. The van der Waals surface area contributed by atoms with Crippen LogP contribution >= 0.6 is 0 Å². The lowest BCUT2D eigenvalue weighted by atomic mass is 10.4. The molecular formula is C13H21N3O2. The molecule has 0 saturated heterocycles. The Hall–Kier alpha value is -1.62. The average Bonchev–Trinajstić information content (AvgIpc) is 2.37. The molecule has 0 spiro atoms. The van der Waals surface area contributed by atoms with Crippen molar-refractivity contribution in [1.82, 2.24) is 9.97 Å². The second-order valence-electron chi connectivity index (χ2n) is 3.60. The fourth-order valence-electron chi connectivity index (χ4n) is 1.32. The number of rotatable bonds is 9. The molecule has 5 nitrogen and oxygen atoms in total. The number of nitrogens with one attached hydrogen (secondary N) is 1. The van der Waals surface area contributed by atoms with Crippen LogP contribution in [-0.2, 0) is 11.3 Å². The Kier molecular flexibility index (Phi) is 6.79. The van der Waals surface area contributed by atoms with E-state index in [1.54, 1.807) is 6.07 Å². The number of hydrogen-bond acceptors (Lipinski definition) is 5. The quantitative estimate of drug-likeness (QED) is 0.539. The van der Waals surface area contributed by atoms with Crippen LogP contribution in [0.5, 0.6) is 5.88 Å². The topological polar surface area (TPSA) is 56.3 Å². The van der Waals surface area contributed by atoms with Gasteiger partial charge in [0.1, 0.15) is 12.4 Å². The molecule has 0 aliphatic carbocycles. The lowest BCUT2D eigenvalue weighted by Gasteiger charge is -2.09. The minimum absolute atomic E-state index is 0.396. The van der Waals surface area contributed by atoms with Gasteiger partial charge >= 0.3 is 0 Å². The van der Waals surface area contributed by atoms with Gasteiger partial charge in [-0.2, -0.15) is 4.98 Å². The molecule has 1 heterocycles. The summed E-state index contributed by atoms with van der Waals surface area (Å²) >= 11 is 0. The van der Waals surface area contributed by atoms with E-state index in [2.05, 4.69) is 21.9 Å². The van der Waals surface area contributed by atoms with Crippen LogP contribution in [0.1, 0.15) is 26.1 Å². The molecule has 0 bridgehead atoms. The molecule has 0 aliphatic heterocycles. The van der Waals surface area contributed by atoms with Gasteiger partial charge < -0.3 is 14.8 Å². The monoisotopic (exact) mass is 251 g/mol. The zero-order valence-corrected chi connectivity index (χ0v) is 11.1. The number of aromatic nitrogens is 2. The van der Waals surface area contributed by atoms with E-state index in [4.69, 9.17) is 9.47 Å². The molecular weight excluding hydrogens is 230 g/mol. The van der Waals surface area contributed by atoms with Crippen LogP contribution in [0, 0.1) is 0 Å². The molecule has 0 saturated carbocycles. The summed E-state index contributed by atoms with van der Waals surface area (Å²) in [6, 6.07) is 1.79. The Morgan fingerprint density at radius 3 is 2.89 bits per heavy atom. The predicted octanol–water partition coefficient (Wildman–Crippen LogP) is 2.40. The lowest BCUT2D eigenvalue weighted by Crippen LogP contribution is -2.07. The van der Waals surface area contributed by atoms with Gasteiger partial charge in [0.2, 0.25) is 5.88 Å². The minimum atomic E-state index is 0.396. The van der Waals surface area contributed by atoms with Gasteiger partial charge in [-0.25, -0.2) is 4.98 Å². The first-order valence-electron chi connectivity index (χ1n) is 6.23. The van der Waals surface area contributed by atoms with Gasteiger partial charge in [0.25, 0.3) is 0 Å². The molecule has 1 aromatic heterocycles. The van der Waals surface area contributed by atoms with Gasteiger partial charge in [0.05, 0.1) is 6.61 Å². The van der Waals surface area contributed by atoms with Gasteiger partial charge in [0.15, 0.2) is 5.82 Å². The van der Waals surface area contributed by atoms with Crippen molar-refractivity contribution in [3.63, 3.8) is 0 Å². The SMILES string of the molecule is C=CCCOc1cc(NCC)nc(COCC)n1. The Bertz CT molecular complexity index is 369. The van der Waals surface area contributed by atoms with E-state index in [1.807, 2.05) is 19.9 Å². The molecule has 1 rings (SSSR count). The van der Waals surface area contributed by atoms with Gasteiger partial charge in [-0.15, -0.1) is 6.58 Å². The van der Waals surface area contributed by atoms with Gasteiger partial charge in [0, 0.05) is 19.2 Å². The third kappa shape index (κ3) is 5.14. The number of hydrogen-bond donors (Lipinski definition) is 1. The van der Waals surface area contributed by atoms with Crippen LogP contribution < -0.4 is 10.1 Å². The van der Waals surface area contributed by atoms with Gasteiger partial charge in [-0.1, -0.05) is 6.08 Å². The molecule has 0 atom stereocenters. The van der Waals surface area contributed by atoms with Gasteiger partial charge in [-0.3, -0.25) is 0 Å². The molecule has 0 amide bonds. The zero-order valence-electron chi connectivity index (χ0n) is 11.1. The standard InChI is InChI=1S/C13H21N3O2/c1-4-7-8-18-13-9-11(14-5-2)15-12(16-13)10-17-6-3/h4,9H,1,5-8,10H2,2-3H3,(H,14,15,16). The highest BCUT2D eigenvalue weighted by Gasteiger charge is 2.05. The molecule has 18 heavy (non-hydrogen) atoms. The molecule has 5 heteroatoms. The third-order valence-electron chi connectivity index (χ3n) is 2.11. The molecule has 0 fully saturated rings. The molecule has 1 N–H and O–H groups in total. The highest BCUT2D eigenvalue weighted by molar-refractivity contribution is 5.38. The summed E-state index contributed by atoms with van der Waals surface area (Å²) in [6.45, 7) is 10.0.